The van der Waals surface area contributed by atoms with Gasteiger partial charge >= 0.3 is 0 Å². The first kappa shape index (κ1) is 23.6. The van der Waals surface area contributed by atoms with E-state index < -0.39 is 12.0 Å². The summed E-state index contributed by atoms with van der Waals surface area (Å²) >= 11 is 6.17. The van der Waals surface area contributed by atoms with E-state index in [0.717, 1.165) is 16.7 Å². The van der Waals surface area contributed by atoms with Gasteiger partial charge in [-0.25, -0.2) is 0 Å². The number of benzene rings is 4. The zero-order valence-electron chi connectivity index (χ0n) is 19.7. The van der Waals surface area contributed by atoms with Crippen molar-refractivity contribution in [2.45, 2.75) is 25.5 Å². The van der Waals surface area contributed by atoms with E-state index in [1.54, 1.807) is 36.1 Å². The third kappa shape index (κ3) is 4.97. The molecule has 1 aliphatic heterocycles. The number of halogens is 1. The van der Waals surface area contributed by atoms with E-state index in [1.165, 1.54) is 0 Å². The van der Waals surface area contributed by atoms with Crippen LogP contribution in [0.1, 0.15) is 29.5 Å². The van der Waals surface area contributed by atoms with E-state index in [1.807, 2.05) is 78.9 Å². The minimum Gasteiger partial charge on any atom is -0.479 e. The minimum atomic E-state index is -0.613. The number of carbonyl (C=O) groups excluding carboxylic acids is 2. The number of amides is 2. The molecule has 6 heteroatoms. The molecule has 0 radical (unpaired) electrons. The molecule has 4 aromatic carbocycles. The number of anilines is 2. The van der Waals surface area contributed by atoms with Crippen LogP contribution in [0.5, 0.6) is 5.75 Å². The molecule has 36 heavy (non-hydrogen) atoms. The standard InChI is InChI=1S/C30H25ClN2O3/c1-20-30(35)33(19-21-9-8-14-24(31)17-21)26-18-25(15-16-27(26)36-20)32-29(34)28(22-10-4-2-5-11-22)23-12-6-3-7-13-23/h2-18,20,28H,19H2,1H3,(H,32,34). The summed E-state index contributed by atoms with van der Waals surface area (Å²) < 4.78 is 5.85. The van der Waals surface area contributed by atoms with Gasteiger partial charge in [0, 0.05) is 10.7 Å². The third-order valence-electron chi connectivity index (χ3n) is 6.19. The zero-order valence-corrected chi connectivity index (χ0v) is 20.5. The van der Waals surface area contributed by atoms with Gasteiger partial charge in [0.2, 0.25) is 5.91 Å². The molecule has 4 aromatic rings. The van der Waals surface area contributed by atoms with Gasteiger partial charge in [0.15, 0.2) is 6.10 Å². The highest BCUT2D eigenvalue weighted by Gasteiger charge is 2.32. The molecular formula is C30H25ClN2O3. The Kier molecular flexibility index (Phi) is 6.74. The van der Waals surface area contributed by atoms with Gasteiger partial charge in [-0.1, -0.05) is 84.4 Å². The average molecular weight is 497 g/mol. The molecule has 0 aromatic heterocycles. The van der Waals surface area contributed by atoms with Crippen LogP contribution in [0.4, 0.5) is 11.4 Å². The maximum absolute atomic E-state index is 13.6. The van der Waals surface area contributed by atoms with Crippen LogP contribution in [-0.4, -0.2) is 17.9 Å². The summed E-state index contributed by atoms with van der Waals surface area (Å²) in [7, 11) is 0. The molecule has 1 heterocycles. The molecule has 1 aliphatic rings. The Labute approximate surface area is 215 Å². The summed E-state index contributed by atoms with van der Waals surface area (Å²) in [5.74, 6) is -0.212. The zero-order chi connectivity index (χ0) is 25.1. The summed E-state index contributed by atoms with van der Waals surface area (Å²) in [6.45, 7) is 2.07. The highest BCUT2D eigenvalue weighted by molar-refractivity contribution is 6.30. The fourth-order valence-electron chi connectivity index (χ4n) is 4.47. The number of fused-ring (bicyclic) bond motifs is 1. The molecule has 1 unspecified atom stereocenters. The first-order chi connectivity index (χ1) is 17.5. The number of nitrogens with one attached hydrogen (secondary N) is 1. The number of nitrogens with zero attached hydrogens (tertiary/aromatic N) is 1. The third-order valence-corrected chi connectivity index (χ3v) is 6.43. The van der Waals surface area contributed by atoms with Crippen LogP contribution in [0.3, 0.4) is 0 Å². The van der Waals surface area contributed by atoms with Crippen molar-refractivity contribution < 1.29 is 14.3 Å². The predicted octanol–water partition coefficient (Wildman–Crippen LogP) is 6.42. The van der Waals surface area contributed by atoms with E-state index >= 15 is 0 Å². The number of ether oxygens (including phenoxy) is 1. The van der Waals surface area contributed by atoms with Crippen LogP contribution < -0.4 is 15.0 Å². The molecule has 5 rings (SSSR count). The molecule has 0 bridgehead atoms. The SMILES string of the molecule is CC1Oc2ccc(NC(=O)C(c3ccccc3)c3ccccc3)cc2N(Cc2cccc(Cl)c2)C1=O. The lowest BCUT2D eigenvalue weighted by Gasteiger charge is -2.33. The Morgan fingerprint density at radius 2 is 1.58 bits per heavy atom. The Hall–Kier alpha value is -4.09. The summed E-state index contributed by atoms with van der Waals surface area (Å²) in [6.07, 6.45) is -0.613. The number of carbonyl (C=O) groups is 2. The molecule has 0 fully saturated rings. The lowest BCUT2D eigenvalue weighted by Crippen LogP contribution is -2.44. The van der Waals surface area contributed by atoms with Gasteiger partial charge in [0.25, 0.3) is 5.91 Å². The molecule has 0 saturated heterocycles. The maximum Gasteiger partial charge on any atom is 0.268 e. The lowest BCUT2D eigenvalue weighted by molar-refractivity contribution is -0.125. The molecule has 0 spiro atoms. The van der Waals surface area contributed by atoms with E-state index in [-0.39, 0.29) is 11.8 Å². The largest absolute Gasteiger partial charge is 0.479 e. The molecule has 2 amide bonds. The topological polar surface area (TPSA) is 58.6 Å². The van der Waals surface area contributed by atoms with Crippen LogP contribution in [-0.2, 0) is 16.1 Å². The second-order valence-corrected chi connectivity index (χ2v) is 9.18. The molecule has 0 aliphatic carbocycles. The minimum absolute atomic E-state index is 0.155. The normalized spacial score (nSPS) is 14.8. The molecule has 1 N–H and O–H groups in total. The van der Waals surface area contributed by atoms with Crippen LogP contribution in [0.25, 0.3) is 0 Å². The van der Waals surface area contributed by atoms with Crippen LogP contribution in [0, 0.1) is 0 Å². The van der Waals surface area contributed by atoms with Gasteiger partial charge in [-0.05, 0) is 53.9 Å². The predicted molar refractivity (Wildman–Crippen MR) is 143 cm³/mol. The average Bonchev–Trinajstić information content (AvgIpc) is 2.89. The summed E-state index contributed by atoms with van der Waals surface area (Å²) in [6, 6.07) is 32.2. The second-order valence-electron chi connectivity index (χ2n) is 8.74. The van der Waals surface area contributed by atoms with Crippen molar-refractivity contribution in [1.82, 2.24) is 0 Å². The van der Waals surface area contributed by atoms with Gasteiger partial charge in [-0.15, -0.1) is 0 Å². The fraction of sp³-hybridized carbons (Fsp3) is 0.133. The second kappa shape index (κ2) is 10.3. The summed E-state index contributed by atoms with van der Waals surface area (Å²) in [5.41, 5.74) is 3.88. The molecular weight excluding hydrogens is 472 g/mol. The van der Waals surface area contributed by atoms with Gasteiger partial charge < -0.3 is 15.0 Å². The Morgan fingerprint density at radius 1 is 0.917 bits per heavy atom. The molecule has 1 atom stereocenters. The summed E-state index contributed by atoms with van der Waals surface area (Å²) in [5, 5.41) is 3.66. The van der Waals surface area contributed by atoms with Crippen molar-refractivity contribution in [2.75, 3.05) is 10.2 Å². The van der Waals surface area contributed by atoms with Crippen LogP contribution in [0.2, 0.25) is 5.02 Å². The van der Waals surface area contributed by atoms with Gasteiger partial charge in [-0.3, -0.25) is 9.59 Å². The highest BCUT2D eigenvalue weighted by Crippen LogP contribution is 2.38. The van der Waals surface area contributed by atoms with E-state index in [2.05, 4.69) is 5.32 Å². The van der Waals surface area contributed by atoms with Gasteiger partial charge in [0.05, 0.1) is 18.2 Å². The highest BCUT2D eigenvalue weighted by atomic mass is 35.5. The van der Waals surface area contributed by atoms with Crippen molar-refractivity contribution in [3.63, 3.8) is 0 Å². The Morgan fingerprint density at radius 3 is 2.22 bits per heavy atom. The van der Waals surface area contributed by atoms with E-state index in [4.69, 9.17) is 16.3 Å². The van der Waals surface area contributed by atoms with Gasteiger partial charge in [0.1, 0.15) is 5.75 Å². The van der Waals surface area contributed by atoms with Crippen molar-refractivity contribution >= 4 is 34.8 Å². The Bertz CT molecular complexity index is 1350. The van der Waals surface area contributed by atoms with Crippen LogP contribution in [0.15, 0.2) is 103 Å². The first-order valence-electron chi connectivity index (χ1n) is 11.8. The quantitative estimate of drug-likeness (QED) is 0.335. The number of hydrogen-bond acceptors (Lipinski definition) is 3. The van der Waals surface area contributed by atoms with Crippen molar-refractivity contribution in [3.05, 3.63) is 125 Å². The summed E-state index contributed by atoms with van der Waals surface area (Å²) in [4.78, 5) is 28.3. The van der Waals surface area contributed by atoms with Crippen molar-refractivity contribution in [2.24, 2.45) is 0 Å². The monoisotopic (exact) mass is 496 g/mol. The Balaban J connectivity index is 1.46. The van der Waals surface area contributed by atoms with Crippen LogP contribution >= 0.6 is 11.6 Å². The smallest absolute Gasteiger partial charge is 0.268 e. The molecule has 180 valence electrons. The lowest BCUT2D eigenvalue weighted by atomic mass is 9.90. The van der Waals surface area contributed by atoms with Gasteiger partial charge in [-0.2, -0.15) is 0 Å². The molecule has 5 nitrogen and oxygen atoms in total. The number of rotatable bonds is 6. The van der Waals surface area contributed by atoms with Crippen molar-refractivity contribution in [3.8, 4) is 5.75 Å². The van der Waals surface area contributed by atoms with Crippen molar-refractivity contribution in [1.29, 1.82) is 0 Å². The fourth-order valence-corrected chi connectivity index (χ4v) is 4.68. The van der Waals surface area contributed by atoms with E-state index in [0.29, 0.717) is 28.7 Å². The molecule has 0 saturated carbocycles. The van der Waals surface area contributed by atoms with E-state index in [9.17, 15) is 9.59 Å². The number of hydrogen-bond donors (Lipinski definition) is 1. The maximum atomic E-state index is 13.6. The first-order valence-corrected chi connectivity index (χ1v) is 12.1.